The van der Waals surface area contributed by atoms with Gasteiger partial charge in [0.1, 0.15) is 0 Å². The molecule has 5 heteroatoms. The van der Waals surface area contributed by atoms with Gasteiger partial charge in [0, 0.05) is 23.3 Å². The summed E-state index contributed by atoms with van der Waals surface area (Å²) < 4.78 is 0.954. The van der Waals surface area contributed by atoms with E-state index in [9.17, 15) is 4.79 Å². The van der Waals surface area contributed by atoms with Crippen molar-refractivity contribution in [2.75, 3.05) is 17.2 Å². The average molecular weight is 292 g/mol. The van der Waals surface area contributed by atoms with Gasteiger partial charge in [-0.25, -0.2) is 4.98 Å². The van der Waals surface area contributed by atoms with E-state index in [4.69, 9.17) is 0 Å². The quantitative estimate of drug-likeness (QED) is 0.790. The molecule has 1 amide bonds. The van der Waals surface area contributed by atoms with Gasteiger partial charge < -0.3 is 4.90 Å². The summed E-state index contributed by atoms with van der Waals surface area (Å²) >= 11 is 3.09. The monoisotopic (exact) mass is 292 g/mol. The number of thiazole rings is 1. The van der Waals surface area contributed by atoms with Gasteiger partial charge in [-0.3, -0.25) is 4.79 Å². The van der Waals surface area contributed by atoms with Gasteiger partial charge in [0.2, 0.25) is 5.91 Å². The molecule has 0 fully saturated rings. The van der Waals surface area contributed by atoms with Crippen LogP contribution in [0.1, 0.15) is 12.6 Å². The minimum absolute atomic E-state index is 0.117. The lowest BCUT2D eigenvalue weighted by Crippen LogP contribution is -2.32. The van der Waals surface area contributed by atoms with Crippen molar-refractivity contribution < 1.29 is 4.79 Å². The van der Waals surface area contributed by atoms with Gasteiger partial charge in [-0.15, -0.1) is 11.3 Å². The summed E-state index contributed by atoms with van der Waals surface area (Å²) in [6.07, 6.45) is 0. The van der Waals surface area contributed by atoms with E-state index in [2.05, 4.69) is 4.98 Å². The number of aromatic nitrogens is 1. The van der Waals surface area contributed by atoms with Crippen LogP contribution >= 0.6 is 23.1 Å². The highest BCUT2D eigenvalue weighted by atomic mass is 32.2. The Balaban J connectivity index is 1.98. The standard InChI is InChI=1S/C14H16N2OS2/c1-3-16(12-7-5-4-6-8-12)13(17)10-19-14-15-11(2)9-18-14/h4-9H,3,10H2,1-2H3. The first kappa shape index (κ1) is 14.1. The molecular formula is C14H16N2OS2. The molecule has 1 aromatic carbocycles. The summed E-state index contributed by atoms with van der Waals surface area (Å²) in [4.78, 5) is 18.4. The number of hydrogen-bond donors (Lipinski definition) is 0. The average Bonchev–Trinajstić information content (AvgIpc) is 2.84. The molecular weight excluding hydrogens is 276 g/mol. The second-order valence-corrected chi connectivity index (χ2v) is 6.10. The van der Waals surface area contributed by atoms with Gasteiger partial charge in [-0.05, 0) is 26.0 Å². The van der Waals surface area contributed by atoms with E-state index < -0.39 is 0 Å². The fourth-order valence-electron chi connectivity index (χ4n) is 1.71. The third kappa shape index (κ3) is 3.81. The molecule has 0 spiro atoms. The number of nitrogens with zero attached hydrogens (tertiary/aromatic N) is 2. The van der Waals surface area contributed by atoms with Gasteiger partial charge in [-0.2, -0.15) is 0 Å². The maximum Gasteiger partial charge on any atom is 0.237 e. The van der Waals surface area contributed by atoms with Crippen molar-refractivity contribution in [3.8, 4) is 0 Å². The van der Waals surface area contributed by atoms with E-state index in [1.807, 2.05) is 49.6 Å². The number of rotatable bonds is 5. The van der Waals surface area contributed by atoms with Gasteiger partial charge >= 0.3 is 0 Å². The van der Waals surface area contributed by atoms with Crippen molar-refractivity contribution in [2.45, 2.75) is 18.2 Å². The smallest absolute Gasteiger partial charge is 0.237 e. The molecule has 2 aromatic rings. The zero-order valence-corrected chi connectivity index (χ0v) is 12.6. The van der Waals surface area contributed by atoms with Crippen LogP contribution in [-0.2, 0) is 4.79 Å². The van der Waals surface area contributed by atoms with E-state index in [1.54, 1.807) is 16.2 Å². The Labute approximate surface area is 121 Å². The van der Waals surface area contributed by atoms with Crippen LogP contribution in [0.25, 0.3) is 0 Å². The van der Waals surface area contributed by atoms with Crippen LogP contribution in [0.5, 0.6) is 0 Å². The number of anilines is 1. The number of benzene rings is 1. The van der Waals surface area contributed by atoms with Crippen LogP contribution in [0.15, 0.2) is 40.1 Å². The summed E-state index contributed by atoms with van der Waals surface area (Å²) in [5, 5.41) is 2.00. The lowest BCUT2D eigenvalue weighted by molar-refractivity contribution is -0.116. The van der Waals surface area contributed by atoms with E-state index in [0.29, 0.717) is 12.3 Å². The molecule has 0 saturated heterocycles. The Hall–Kier alpha value is -1.33. The predicted molar refractivity (Wildman–Crippen MR) is 82.0 cm³/mol. The van der Waals surface area contributed by atoms with Crippen molar-refractivity contribution >= 4 is 34.7 Å². The van der Waals surface area contributed by atoms with Crippen molar-refractivity contribution in [3.63, 3.8) is 0 Å². The molecule has 19 heavy (non-hydrogen) atoms. The van der Waals surface area contributed by atoms with Gasteiger partial charge in [0.15, 0.2) is 4.34 Å². The van der Waals surface area contributed by atoms with Gasteiger partial charge in [0.25, 0.3) is 0 Å². The van der Waals surface area contributed by atoms with Crippen LogP contribution in [-0.4, -0.2) is 23.2 Å². The highest BCUT2D eigenvalue weighted by Crippen LogP contribution is 2.23. The Morgan fingerprint density at radius 3 is 2.68 bits per heavy atom. The first-order valence-electron chi connectivity index (χ1n) is 6.11. The predicted octanol–water partition coefficient (Wildman–Crippen LogP) is 3.60. The minimum atomic E-state index is 0.117. The Morgan fingerprint density at radius 1 is 1.37 bits per heavy atom. The summed E-state index contributed by atoms with van der Waals surface area (Å²) in [5.74, 6) is 0.543. The topological polar surface area (TPSA) is 33.2 Å². The molecule has 0 unspecified atom stereocenters. The fourth-order valence-corrected chi connectivity index (χ4v) is 3.44. The molecule has 1 heterocycles. The molecule has 1 aromatic heterocycles. The van der Waals surface area contributed by atoms with Crippen LogP contribution in [0.4, 0.5) is 5.69 Å². The summed E-state index contributed by atoms with van der Waals surface area (Å²) in [6.45, 7) is 4.63. The number of carbonyl (C=O) groups is 1. The zero-order chi connectivity index (χ0) is 13.7. The Morgan fingerprint density at radius 2 is 2.11 bits per heavy atom. The first-order valence-corrected chi connectivity index (χ1v) is 7.97. The van der Waals surface area contributed by atoms with E-state index in [1.165, 1.54) is 11.8 Å². The largest absolute Gasteiger partial charge is 0.312 e. The first-order chi connectivity index (χ1) is 9.20. The number of thioether (sulfide) groups is 1. The second kappa shape index (κ2) is 6.73. The molecule has 0 aliphatic heterocycles. The molecule has 0 N–H and O–H groups in total. The van der Waals surface area contributed by atoms with E-state index >= 15 is 0 Å². The molecule has 2 rings (SSSR count). The van der Waals surface area contributed by atoms with Crippen molar-refractivity contribution in [1.29, 1.82) is 0 Å². The third-order valence-corrected chi connectivity index (χ3v) is 4.73. The SMILES string of the molecule is CCN(C(=O)CSc1nc(C)cs1)c1ccccc1. The highest BCUT2D eigenvalue weighted by Gasteiger charge is 2.14. The summed E-state index contributed by atoms with van der Waals surface area (Å²) in [7, 11) is 0. The number of aryl methyl sites for hydroxylation is 1. The summed E-state index contributed by atoms with van der Waals surface area (Å²) in [6, 6.07) is 9.76. The highest BCUT2D eigenvalue weighted by molar-refractivity contribution is 8.01. The van der Waals surface area contributed by atoms with Crippen LogP contribution in [0, 0.1) is 6.92 Å². The molecule has 3 nitrogen and oxygen atoms in total. The molecule has 0 bridgehead atoms. The maximum atomic E-state index is 12.2. The minimum Gasteiger partial charge on any atom is -0.312 e. The lowest BCUT2D eigenvalue weighted by Gasteiger charge is -2.20. The van der Waals surface area contributed by atoms with Gasteiger partial charge in [-0.1, -0.05) is 30.0 Å². The lowest BCUT2D eigenvalue weighted by atomic mass is 10.3. The number of amides is 1. The van der Waals surface area contributed by atoms with Crippen molar-refractivity contribution in [3.05, 3.63) is 41.4 Å². The van der Waals surface area contributed by atoms with Crippen molar-refractivity contribution in [1.82, 2.24) is 4.98 Å². The third-order valence-electron chi connectivity index (χ3n) is 2.60. The van der Waals surface area contributed by atoms with E-state index in [0.717, 1.165) is 15.7 Å². The number of para-hydroxylation sites is 1. The summed E-state index contributed by atoms with van der Waals surface area (Å²) in [5.41, 5.74) is 1.96. The number of hydrogen-bond acceptors (Lipinski definition) is 4. The van der Waals surface area contributed by atoms with E-state index in [-0.39, 0.29) is 5.91 Å². The Bertz CT molecular complexity index is 539. The molecule has 0 aliphatic carbocycles. The fraction of sp³-hybridized carbons (Fsp3) is 0.286. The van der Waals surface area contributed by atoms with Crippen LogP contribution in [0.2, 0.25) is 0 Å². The van der Waals surface area contributed by atoms with Crippen LogP contribution in [0.3, 0.4) is 0 Å². The molecule has 0 atom stereocenters. The number of carbonyl (C=O) groups excluding carboxylic acids is 1. The maximum absolute atomic E-state index is 12.2. The second-order valence-electron chi connectivity index (χ2n) is 4.02. The van der Waals surface area contributed by atoms with Gasteiger partial charge in [0.05, 0.1) is 5.75 Å². The normalized spacial score (nSPS) is 10.4. The van der Waals surface area contributed by atoms with Crippen molar-refractivity contribution in [2.24, 2.45) is 0 Å². The Kier molecular flexibility index (Phi) is 4.99. The zero-order valence-electron chi connectivity index (χ0n) is 11.0. The molecule has 100 valence electrons. The molecule has 0 saturated carbocycles. The molecule has 0 aliphatic rings. The van der Waals surface area contributed by atoms with Crippen LogP contribution < -0.4 is 4.90 Å². The molecule has 0 radical (unpaired) electrons.